The molecule has 0 saturated carbocycles. The lowest BCUT2D eigenvalue weighted by molar-refractivity contribution is -0.0976. The molecule has 1 amide bonds. The molecule has 31 heavy (non-hydrogen) atoms. The molecule has 166 valence electrons. The number of hydrazine groups is 1. The molecule has 0 aliphatic carbocycles. The van der Waals surface area contributed by atoms with E-state index in [0.717, 1.165) is 5.56 Å². The summed E-state index contributed by atoms with van der Waals surface area (Å²) in [5, 5.41) is 8.13. The number of ether oxygens (including phenoxy) is 3. The van der Waals surface area contributed by atoms with Crippen LogP contribution < -0.4 is 21.6 Å². The van der Waals surface area contributed by atoms with Gasteiger partial charge in [0.25, 0.3) is 5.91 Å². The highest BCUT2D eigenvalue weighted by Crippen LogP contribution is 2.12. The average Bonchev–Trinajstić information content (AvgIpc) is 2.77. The Kier molecular flexibility index (Phi) is 7.70. The number of rotatable bonds is 8. The van der Waals surface area contributed by atoms with Crippen LogP contribution in [0.5, 0.6) is 5.75 Å². The number of aromatic nitrogens is 2. The molecule has 2 heterocycles. The van der Waals surface area contributed by atoms with Gasteiger partial charge in [-0.25, -0.2) is 20.9 Å². The van der Waals surface area contributed by atoms with E-state index in [2.05, 4.69) is 20.4 Å². The van der Waals surface area contributed by atoms with E-state index in [4.69, 9.17) is 25.8 Å². The number of aryl methyl sites for hydroxylation is 1. The molecule has 1 aliphatic rings. The van der Waals surface area contributed by atoms with Crippen molar-refractivity contribution in [3.05, 3.63) is 53.1 Å². The van der Waals surface area contributed by atoms with Crippen molar-refractivity contribution in [2.75, 3.05) is 33.5 Å². The predicted octanol–water partition coefficient (Wildman–Crippen LogP) is -0.0650. The highest BCUT2D eigenvalue weighted by molar-refractivity contribution is 5.99. The summed E-state index contributed by atoms with van der Waals surface area (Å²) in [6.07, 6.45) is -0.194. The third-order valence-electron chi connectivity index (χ3n) is 4.43. The van der Waals surface area contributed by atoms with Gasteiger partial charge in [-0.15, -0.1) is 5.10 Å². The molecule has 11 nitrogen and oxygen atoms in total. The number of hydrogen-bond donors (Lipinski definition) is 3. The van der Waals surface area contributed by atoms with Crippen molar-refractivity contribution in [2.24, 2.45) is 16.7 Å². The molecular formula is C20H27N7O4. The molecule has 1 aromatic carbocycles. The summed E-state index contributed by atoms with van der Waals surface area (Å²) in [6, 6.07) is 8.90. The Labute approximate surface area is 180 Å². The second kappa shape index (κ2) is 10.7. The molecule has 1 atom stereocenters. The number of amidine groups is 1. The number of nitrogens with zero attached hydrogens (tertiary/aromatic N) is 4. The largest absolute Gasteiger partial charge is 0.497 e. The Morgan fingerprint density at radius 2 is 2.13 bits per heavy atom. The molecule has 1 fully saturated rings. The first-order valence-electron chi connectivity index (χ1n) is 9.77. The van der Waals surface area contributed by atoms with Gasteiger partial charge in [0.1, 0.15) is 29.1 Å². The minimum atomic E-state index is -0.361. The number of hydrazone groups is 1. The summed E-state index contributed by atoms with van der Waals surface area (Å²) in [5.74, 6) is 6.71. The molecule has 0 bridgehead atoms. The predicted molar refractivity (Wildman–Crippen MR) is 113 cm³/mol. The van der Waals surface area contributed by atoms with E-state index in [1.807, 2.05) is 24.3 Å². The average molecular weight is 429 g/mol. The monoisotopic (exact) mass is 429 g/mol. The normalized spacial score (nSPS) is 16.6. The fourth-order valence-corrected chi connectivity index (χ4v) is 2.95. The van der Waals surface area contributed by atoms with Crippen LogP contribution in [-0.4, -0.2) is 66.4 Å². The number of hydrogen-bond acceptors (Lipinski definition) is 9. The Balaban J connectivity index is 1.65. The van der Waals surface area contributed by atoms with Gasteiger partial charge in [0.2, 0.25) is 0 Å². The molecule has 1 aromatic heterocycles. The zero-order chi connectivity index (χ0) is 22.2. The van der Waals surface area contributed by atoms with Crippen LogP contribution >= 0.6 is 0 Å². The second-order valence-corrected chi connectivity index (χ2v) is 6.89. The van der Waals surface area contributed by atoms with Crippen molar-refractivity contribution in [3.8, 4) is 5.75 Å². The van der Waals surface area contributed by atoms with Gasteiger partial charge in [0, 0.05) is 6.54 Å². The summed E-state index contributed by atoms with van der Waals surface area (Å²) in [4.78, 5) is 21.1. The van der Waals surface area contributed by atoms with Crippen molar-refractivity contribution in [1.82, 2.24) is 20.4 Å². The van der Waals surface area contributed by atoms with Crippen molar-refractivity contribution >= 4 is 11.7 Å². The smallest absolute Gasteiger partial charge is 0.270 e. The Hall–Kier alpha value is -3.28. The van der Waals surface area contributed by atoms with Gasteiger partial charge >= 0.3 is 0 Å². The van der Waals surface area contributed by atoms with E-state index < -0.39 is 0 Å². The number of amides is 1. The van der Waals surface area contributed by atoms with E-state index in [-0.39, 0.29) is 23.5 Å². The van der Waals surface area contributed by atoms with Crippen LogP contribution in [0.15, 0.2) is 35.4 Å². The lowest BCUT2D eigenvalue weighted by Gasteiger charge is -2.25. The topological polar surface area (TPSA) is 150 Å². The Bertz CT molecular complexity index is 931. The maximum Gasteiger partial charge on any atom is 0.270 e. The molecule has 1 aliphatic heterocycles. The molecule has 2 aromatic rings. The summed E-state index contributed by atoms with van der Waals surface area (Å²) >= 11 is 0. The molecule has 0 spiro atoms. The lowest BCUT2D eigenvalue weighted by atomic mass is 10.2. The summed E-state index contributed by atoms with van der Waals surface area (Å²) in [5.41, 5.74) is 7.43. The highest BCUT2D eigenvalue weighted by atomic mass is 16.6. The SMILES string of the molecule is COc1cccc(CNC(=O)c2cc(/C(N)=N/N(N)CC3COCCO3)nc(C)n2)c1. The molecule has 3 rings (SSSR count). The van der Waals surface area contributed by atoms with E-state index in [1.165, 1.54) is 11.2 Å². The van der Waals surface area contributed by atoms with Gasteiger partial charge in [0.15, 0.2) is 5.84 Å². The van der Waals surface area contributed by atoms with Crippen LogP contribution in [-0.2, 0) is 16.0 Å². The van der Waals surface area contributed by atoms with Crippen molar-refractivity contribution in [1.29, 1.82) is 0 Å². The first-order valence-corrected chi connectivity index (χ1v) is 9.77. The Morgan fingerprint density at radius 1 is 1.32 bits per heavy atom. The van der Waals surface area contributed by atoms with Crippen LogP contribution in [0.4, 0.5) is 0 Å². The van der Waals surface area contributed by atoms with Crippen LogP contribution in [0, 0.1) is 6.92 Å². The van der Waals surface area contributed by atoms with E-state index in [9.17, 15) is 4.79 Å². The number of carbonyl (C=O) groups is 1. The standard InChI is InChI=1S/C20H27N7O4/c1-13-24-17(19(21)26-27(22)11-16-12-30-6-7-31-16)9-18(25-13)20(28)23-10-14-4-3-5-15(8-14)29-2/h3-5,8-9,16H,6-7,10-12,22H2,1-2H3,(H2,21,26)(H,23,28). The van der Waals surface area contributed by atoms with Gasteiger partial charge < -0.3 is 25.3 Å². The van der Waals surface area contributed by atoms with Gasteiger partial charge in [-0.3, -0.25) is 4.79 Å². The second-order valence-electron chi connectivity index (χ2n) is 6.89. The van der Waals surface area contributed by atoms with Crippen LogP contribution in [0.2, 0.25) is 0 Å². The minimum absolute atomic E-state index is 0.0616. The van der Waals surface area contributed by atoms with Crippen molar-refractivity contribution in [2.45, 2.75) is 19.6 Å². The Morgan fingerprint density at radius 3 is 2.87 bits per heavy atom. The highest BCUT2D eigenvalue weighted by Gasteiger charge is 2.17. The van der Waals surface area contributed by atoms with E-state index in [0.29, 0.717) is 50.2 Å². The number of benzene rings is 1. The molecule has 5 N–H and O–H groups in total. The van der Waals surface area contributed by atoms with E-state index in [1.54, 1.807) is 14.0 Å². The fourth-order valence-electron chi connectivity index (χ4n) is 2.95. The fraction of sp³-hybridized carbons (Fsp3) is 0.400. The maximum atomic E-state index is 12.6. The lowest BCUT2D eigenvalue weighted by Crippen LogP contribution is -2.41. The number of methoxy groups -OCH3 is 1. The number of carbonyl (C=O) groups excluding carboxylic acids is 1. The third kappa shape index (κ3) is 6.60. The summed E-state index contributed by atoms with van der Waals surface area (Å²) < 4.78 is 16.1. The molecule has 1 unspecified atom stereocenters. The summed E-state index contributed by atoms with van der Waals surface area (Å²) in [7, 11) is 1.59. The van der Waals surface area contributed by atoms with E-state index >= 15 is 0 Å². The van der Waals surface area contributed by atoms with Gasteiger partial charge in [-0.2, -0.15) is 0 Å². The first-order chi connectivity index (χ1) is 14.9. The zero-order valence-corrected chi connectivity index (χ0v) is 17.6. The van der Waals surface area contributed by atoms with Gasteiger partial charge in [-0.1, -0.05) is 12.1 Å². The van der Waals surface area contributed by atoms with Crippen LogP contribution in [0.3, 0.4) is 0 Å². The molecule has 1 saturated heterocycles. The molecular weight excluding hydrogens is 402 g/mol. The third-order valence-corrected chi connectivity index (χ3v) is 4.43. The minimum Gasteiger partial charge on any atom is -0.497 e. The quantitative estimate of drug-likeness (QED) is 0.227. The maximum absolute atomic E-state index is 12.6. The zero-order valence-electron chi connectivity index (χ0n) is 17.6. The number of nitrogens with one attached hydrogen (secondary N) is 1. The first kappa shape index (κ1) is 22.4. The molecule has 0 radical (unpaired) electrons. The van der Waals surface area contributed by atoms with Crippen LogP contribution in [0.25, 0.3) is 0 Å². The molecule has 11 heteroatoms. The van der Waals surface area contributed by atoms with Crippen LogP contribution in [0.1, 0.15) is 27.6 Å². The summed E-state index contributed by atoms with van der Waals surface area (Å²) in [6.45, 7) is 3.81. The van der Waals surface area contributed by atoms with Gasteiger partial charge in [-0.05, 0) is 30.7 Å². The number of nitrogens with two attached hydrogens (primary N) is 2. The van der Waals surface area contributed by atoms with Crippen molar-refractivity contribution in [3.63, 3.8) is 0 Å². The van der Waals surface area contributed by atoms with Crippen molar-refractivity contribution < 1.29 is 19.0 Å². The van der Waals surface area contributed by atoms with Gasteiger partial charge in [0.05, 0.1) is 33.5 Å².